The third-order valence-corrected chi connectivity index (χ3v) is 9.09. The zero-order valence-electron chi connectivity index (χ0n) is 22.8. The van der Waals surface area contributed by atoms with Crippen LogP contribution in [0.3, 0.4) is 0 Å². The number of aromatic nitrogens is 7. The molecule has 4 aromatic rings. The lowest BCUT2D eigenvalue weighted by molar-refractivity contribution is -0.141. The molecule has 2 N–H and O–H groups in total. The van der Waals surface area contributed by atoms with Gasteiger partial charge in [-0.05, 0) is 31.7 Å². The molecule has 1 saturated carbocycles. The lowest BCUT2D eigenvalue weighted by Crippen LogP contribution is -2.36. The summed E-state index contributed by atoms with van der Waals surface area (Å²) in [6, 6.07) is 3.33. The Hall–Kier alpha value is -4.49. The maximum Gasteiger partial charge on any atom is 0.436 e. The molecule has 0 spiro atoms. The van der Waals surface area contributed by atoms with Gasteiger partial charge < -0.3 is 15.3 Å². The quantitative estimate of drug-likeness (QED) is 0.312. The smallest absolute Gasteiger partial charge is 0.393 e. The molecule has 0 aromatic carbocycles. The molecule has 12 nitrogen and oxygen atoms in total. The number of halogens is 3. The zero-order chi connectivity index (χ0) is 30.4. The summed E-state index contributed by atoms with van der Waals surface area (Å²) in [4.78, 5) is 15.1. The summed E-state index contributed by atoms with van der Waals surface area (Å²) in [6.07, 6.45) is 4.16. The number of alkyl halides is 3. The molecule has 2 aliphatic rings. The lowest BCUT2D eigenvalue weighted by Gasteiger charge is -2.32. The van der Waals surface area contributed by atoms with Crippen LogP contribution in [0.25, 0.3) is 11.4 Å². The van der Waals surface area contributed by atoms with Crippen LogP contribution in [0.15, 0.2) is 43.1 Å². The predicted octanol–water partition coefficient (Wildman–Crippen LogP) is 2.93. The Morgan fingerprint density at radius 2 is 1.77 bits per heavy atom. The molecule has 1 aliphatic carbocycles. The molecule has 4 aromatic heterocycles. The molecule has 16 heteroatoms. The molecule has 0 unspecified atom stereocenters. The molecule has 224 valence electrons. The number of aliphatic hydroxyl groups is 1. The number of rotatable bonds is 6. The number of pyridine rings is 1. The van der Waals surface area contributed by atoms with Crippen LogP contribution in [0, 0.1) is 11.8 Å². The highest BCUT2D eigenvalue weighted by atomic mass is 32.2. The van der Waals surface area contributed by atoms with Crippen LogP contribution in [-0.4, -0.2) is 71.9 Å². The minimum Gasteiger partial charge on any atom is -0.393 e. The molecule has 0 bridgehead atoms. The number of aliphatic hydroxyl groups excluding tert-OH is 1. The number of nitrogens with zero attached hydrogens (tertiary/aromatic N) is 8. The van der Waals surface area contributed by atoms with E-state index in [1.165, 1.54) is 38.0 Å². The number of aryl methyl sites for hydroxylation is 1. The Balaban J connectivity index is 1.29. The summed E-state index contributed by atoms with van der Waals surface area (Å²) in [5.41, 5.74) is 0.153. The monoisotopic (exact) mass is 613 g/mol. The van der Waals surface area contributed by atoms with Crippen molar-refractivity contribution in [1.29, 1.82) is 0 Å². The van der Waals surface area contributed by atoms with Crippen molar-refractivity contribution < 1.29 is 26.7 Å². The molecular formula is C27H26F3N9O3S. The Bertz CT molecular complexity index is 1830. The third-order valence-electron chi connectivity index (χ3n) is 7.05. The largest absolute Gasteiger partial charge is 0.436 e. The first-order valence-electron chi connectivity index (χ1n) is 13.4. The third kappa shape index (κ3) is 6.18. The molecule has 2 fully saturated rings. The molecule has 0 atom stereocenters. The minimum absolute atomic E-state index is 0.251. The van der Waals surface area contributed by atoms with Gasteiger partial charge in [-0.2, -0.15) is 27.5 Å². The van der Waals surface area contributed by atoms with Crippen molar-refractivity contribution in [3.05, 3.63) is 59.9 Å². The van der Waals surface area contributed by atoms with E-state index in [-0.39, 0.29) is 11.4 Å². The fraction of sp³-hybridized carbons (Fsp3) is 0.370. The number of nitrogens with one attached hydrogen (secondary N) is 1. The van der Waals surface area contributed by atoms with Crippen molar-refractivity contribution in [3.8, 4) is 23.2 Å². The highest BCUT2D eigenvalue weighted by Gasteiger charge is 2.38. The van der Waals surface area contributed by atoms with Crippen molar-refractivity contribution >= 4 is 27.3 Å². The average Bonchev–Trinajstić information content (AvgIpc) is 3.58. The van der Waals surface area contributed by atoms with Crippen molar-refractivity contribution in [1.82, 2.24) is 33.9 Å². The van der Waals surface area contributed by atoms with Crippen molar-refractivity contribution in [2.24, 2.45) is 7.05 Å². The second-order valence-corrected chi connectivity index (χ2v) is 12.4. The zero-order valence-corrected chi connectivity index (χ0v) is 23.6. The second-order valence-electron chi connectivity index (χ2n) is 10.4. The topological polar surface area (TPSA) is 144 Å². The fourth-order valence-electron chi connectivity index (χ4n) is 4.68. The standard InChI is InChI=1S/C27H26F3N9O3S/c1-37-15-18(25(36-37)27(28,29)30)3-2-17-13-32-24(12-22(17)38-10-7-20(40)8-11-38)34-23-6-9-31-26(35-23)19-14-33-39(16-19)43(41,42)21-4-5-21/h6,9,12-16,20-21,40H,4-5,7-8,10-11H2,1H3,(H,31,32,34,35). The van der Waals surface area contributed by atoms with Crippen LogP contribution in [0.2, 0.25) is 0 Å². The first-order valence-corrected chi connectivity index (χ1v) is 14.9. The average molecular weight is 614 g/mol. The van der Waals surface area contributed by atoms with E-state index >= 15 is 0 Å². The van der Waals surface area contributed by atoms with Gasteiger partial charge in [0.2, 0.25) is 0 Å². The Morgan fingerprint density at radius 3 is 2.49 bits per heavy atom. The number of hydrogen-bond acceptors (Lipinski definition) is 10. The van der Waals surface area contributed by atoms with E-state index in [2.05, 4.69) is 42.3 Å². The second kappa shape index (κ2) is 11.0. The molecule has 1 aliphatic heterocycles. The fourth-order valence-corrected chi connectivity index (χ4v) is 6.15. The van der Waals surface area contributed by atoms with Crippen LogP contribution in [0.5, 0.6) is 0 Å². The molecule has 5 heterocycles. The Labute approximate surface area is 244 Å². The number of piperidine rings is 1. The summed E-state index contributed by atoms with van der Waals surface area (Å²) in [7, 11) is -2.14. The van der Waals surface area contributed by atoms with Gasteiger partial charge in [-0.25, -0.2) is 23.4 Å². The van der Waals surface area contributed by atoms with Crippen molar-refractivity contribution in [2.45, 2.75) is 43.2 Å². The molecule has 1 saturated heterocycles. The van der Waals surface area contributed by atoms with E-state index in [4.69, 9.17) is 0 Å². The van der Waals surface area contributed by atoms with E-state index in [0.29, 0.717) is 67.2 Å². The Morgan fingerprint density at radius 1 is 1.02 bits per heavy atom. The van der Waals surface area contributed by atoms with Gasteiger partial charge in [0, 0.05) is 44.8 Å². The van der Waals surface area contributed by atoms with Gasteiger partial charge in [0.05, 0.1) is 46.1 Å². The van der Waals surface area contributed by atoms with E-state index in [9.17, 15) is 26.7 Å². The van der Waals surface area contributed by atoms with Gasteiger partial charge >= 0.3 is 6.18 Å². The maximum atomic E-state index is 13.4. The molecule has 0 amide bonds. The first-order chi connectivity index (χ1) is 20.5. The van der Waals surface area contributed by atoms with Crippen molar-refractivity contribution in [2.75, 3.05) is 23.3 Å². The molecular weight excluding hydrogens is 587 g/mol. The normalized spacial score (nSPS) is 16.2. The SMILES string of the molecule is Cn1cc(C#Cc2cnc(Nc3ccnc(-c4cnn(S(=O)(=O)C5CC5)c4)n3)cc2N2CCC(O)CC2)c(C(F)(F)F)n1. The summed E-state index contributed by atoms with van der Waals surface area (Å²) in [5, 5.41) is 20.2. The van der Waals surface area contributed by atoms with Crippen LogP contribution < -0.4 is 10.2 Å². The van der Waals surface area contributed by atoms with E-state index in [1.54, 1.807) is 12.1 Å². The maximum absolute atomic E-state index is 13.4. The van der Waals surface area contributed by atoms with Gasteiger partial charge in [0.1, 0.15) is 11.6 Å². The Kier molecular flexibility index (Phi) is 7.30. The summed E-state index contributed by atoms with van der Waals surface area (Å²) in [5.74, 6) is 6.45. The van der Waals surface area contributed by atoms with Gasteiger partial charge in [-0.3, -0.25) is 4.68 Å². The van der Waals surface area contributed by atoms with Crippen LogP contribution in [0.4, 0.5) is 30.5 Å². The van der Waals surface area contributed by atoms with Crippen LogP contribution in [-0.2, 0) is 23.2 Å². The molecule has 6 rings (SSSR count). The van der Waals surface area contributed by atoms with E-state index in [0.717, 1.165) is 8.77 Å². The minimum atomic E-state index is -4.65. The highest BCUT2D eigenvalue weighted by Crippen LogP contribution is 2.32. The van der Waals surface area contributed by atoms with Gasteiger partial charge in [0.15, 0.2) is 11.5 Å². The summed E-state index contributed by atoms with van der Waals surface area (Å²) in [6.45, 7) is 1.04. The van der Waals surface area contributed by atoms with Gasteiger partial charge in [-0.1, -0.05) is 11.8 Å². The summed E-state index contributed by atoms with van der Waals surface area (Å²) >= 11 is 0. The number of hydrogen-bond donors (Lipinski definition) is 2. The summed E-state index contributed by atoms with van der Waals surface area (Å²) < 4.78 is 67.3. The van der Waals surface area contributed by atoms with E-state index in [1.807, 2.05) is 4.90 Å². The van der Waals surface area contributed by atoms with Gasteiger partial charge in [-0.15, -0.1) is 0 Å². The first kappa shape index (κ1) is 28.6. The highest BCUT2D eigenvalue weighted by molar-refractivity contribution is 7.90. The van der Waals surface area contributed by atoms with E-state index < -0.39 is 33.2 Å². The van der Waals surface area contributed by atoms with Crippen LogP contribution in [0.1, 0.15) is 42.5 Å². The molecule has 0 radical (unpaired) electrons. The molecule has 43 heavy (non-hydrogen) atoms. The predicted molar refractivity (Wildman–Crippen MR) is 150 cm³/mol. The van der Waals surface area contributed by atoms with Crippen molar-refractivity contribution in [3.63, 3.8) is 0 Å². The number of anilines is 3. The van der Waals surface area contributed by atoms with Crippen LogP contribution >= 0.6 is 0 Å². The van der Waals surface area contributed by atoms with Gasteiger partial charge in [0.25, 0.3) is 10.0 Å². The lowest BCUT2D eigenvalue weighted by atomic mass is 10.1.